The number of nitrogens with one attached hydrogen (secondary N) is 1. The third-order valence-electron chi connectivity index (χ3n) is 3.50. The van der Waals surface area contributed by atoms with Gasteiger partial charge in [-0.05, 0) is 36.4 Å². The molecule has 3 N–H and O–H groups in total. The normalized spacial score (nSPS) is 22.1. The van der Waals surface area contributed by atoms with Gasteiger partial charge in [-0.25, -0.2) is 4.39 Å². The lowest BCUT2D eigenvalue weighted by Crippen LogP contribution is -2.18. The van der Waals surface area contributed by atoms with Crippen molar-refractivity contribution in [3.05, 3.63) is 29.6 Å². The van der Waals surface area contributed by atoms with E-state index < -0.39 is 0 Å². The van der Waals surface area contributed by atoms with Crippen molar-refractivity contribution in [3.8, 4) is 0 Å². The van der Waals surface area contributed by atoms with Gasteiger partial charge in [0.2, 0.25) is 0 Å². The minimum absolute atomic E-state index is 0.220. The maximum absolute atomic E-state index is 13.4. The summed E-state index contributed by atoms with van der Waals surface area (Å²) in [5.41, 5.74) is 7.13. The average Bonchev–Trinajstić information content (AvgIpc) is 2.78. The fourth-order valence-electron chi connectivity index (χ4n) is 2.01. The Morgan fingerprint density at radius 1 is 1.50 bits per heavy atom. The molecule has 16 heavy (non-hydrogen) atoms. The van der Waals surface area contributed by atoms with Gasteiger partial charge in [0, 0.05) is 17.8 Å². The van der Waals surface area contributed by atoms with E-state index in [9.17, 15) is 4.39 Å². The van der Waals surface area contributed by atoms with E-state index in [0.29, 0.717) is 23.2 Å². The van der Waals surface area contributed by atoms with Crippen molar-refractivity contribution in [2.75, 3.05) is 12.3 Å². The van der Waals surface area contributed by atoms with Gasteiger partial charge in [-0.3, -0.25) is 0 Å². The molecular formula is C13H19FN2. The molecule has 2 rings (SSSR count). The van der Waals surface area contributed by atoms with Crippen molar-refractivity contribution < 1.29 is 4.39 Å². The van der Waals surface area contributed by atoms with Gasteiger partial charge in [0.05, 0.1) is 0 Å². The zero-order chi connectivity index (χ0) is 11.8. The van der Waals surface area contributed by atoms with Gasteiger partial charge in [-0.1, -0.05) is 19.9 Å². The standard InChI is InChI=1S/C13H19FN2/c1-13(2)6-10(13)8-16-7-9-3-4-11(15)5-12(9)14/h3-5,10,16H,6-8,15H2,1-2H3. The number of halogens is 1. The lowest BCUT2D eigenvalue weighted by Gasteiger charge is -2.07. The molecule has 3 heteroatoms. The summed E-state index contributed by atoms with van der Waals surface area (Å²) in [5.74, 6) is 0.520. The molecule has 0 saturated heterocycles. The fourth-order valence-corrected chi connectivity index (χ4v) is 2.01. The molecule has 1 aromatic rings. The first-order chi connectivity index (χ1) is 7.49. The third kappa shape index (κ3) is 2.53. The van der Waals surface area contributed by atoms with Crippen molar-refractivity contribution in [1.29, 1.82) is 0 Å². The molecule has 1 unspecified atom stereocenters. The first-order valence-electron chi connectivity index (χ1n) is 5.74. The summed E-state index contributed by atoms with van der Waals surface area (Å²) >= 11 is 0. The summed E-state index contributed by atoms with van der Waals surface area (Å²) < 4.78 is 13.4. The second-order valence-corrected chi connectivity index (χ2v) is 5.37. The zero-order valence-electron chi connectivity index (χ0n) is 9.89. The first kappa shape index (κ1) is 11.4. The Hall–Kier alpha value is -1.09. The highest BCUT2D eigenvalue weighted by Gasteiger charge is 2.44. The van der Waals surface area contributed by atoms with E-state index in [0.717, 1.165) is 12.5 Å². The highest BCUT2D eigenvalue weighted by Crippen LogP contribution is 2.50. The topological polar surface area (TPSA) is 38.0 Å². The molecule has 0 amide bonds. The molecule has 0 heterocycles. The molecule has 0 aliphatic heterocycles. The van der Waals surface area contributed by atoms with Crippen molar-refractivity contribution in [2.24, 2.45) is 11.3 Å². The summed E-state index contributed by atoms with van der Waals surface area (Å²) in [6.45, 7) is 6.09. The van der Waals surface area contributed by atoms with Crippen LogP contribution in [0, 0.1) is 17.2 Å². The Bertz CT molecular complexity index is 388. The van der Waals surface area contributed by atoms with Gasteiger partial charge >= 0.3 is 0 Å². The summed E-state index contributed by atoms with van der Waals surface area (Å²) in [4.78, 5) is 0. The molecule has 1 saturated carbocycles. The van der Waals surface area contributed by atoms with E-state index >= 15 is 0 Å². The molecule has 1 atom stereocenters. The molecule has 1 aromatic carbocycles. The number of hydrogen-bond donors (Lipinski definition) is 2. The van der Waals surface area contributed by atoms with Crippen molar-refractivity contribution >= 4 is 5.69 Å². The van der Waals surface area contributed by atoms with E-state index in [-0.39, 0.29) is 5.82 Å². The van der Waals surface area contributed by atoms with Gasteiger partial charge in [0.1, 0.15) is 5.82 Å². The Labute approximate surface area is 96.0 Å². The summed E-state index contributed by atoms with van der Waals surface area (Å²) in [5, 5.41) is 3.30. The largest absolute Gasteiger partial charge is 0.399 e. The molecule has 1 aliphatic rings. The Morgan fingerprint density at radius 3 is 2.75 bits per heavy atom. The fraction of sp³-hybridized carbons (Fsp3) is 0.538. The van der Waals surface area contributed by atoms with E-state index in [4.69, 9.17) is 5.73 Å². The molecule has 2 nitrogen and oxygen atoms in total. The van der Waals surface area contributed by atoms with Crippen LogP contribution in [0.4, 0.5) is 10.1 Å². The summed E-state index contributed by atoms with van der Waals surface area (Å²) in [6, 6.07) is 4.86. The van der Waals surface area contributed by atoms with Crippen LogP contribution >= 0.6 is 0 Å². The lowest BCUT2D eigenvalue weighted by molar-refractivity contribution is 0.512. The molecule has 1 fully saturated rings. The Morgan fingerprint density at radius 2 is 2.19 bits per heavy atom. The van der Waals surface area contributed by atoms with E-state index in [1.807, 2.05) is 0 Å². The quantitative estimate of drug-likeness (QED) is 0.768. The molecule has 0 radical (unpaired) electrons. The monoisotopic (exact) mass is 222 g/mol. The highest BCUT2D eigenvalue weighted by atomic mass is 19.1. The molecule has 88 valence electrons. The van der Waals surface area contributed by atoms with Crippen LogP contribution in [0.25, 0.3) is 0 Å². The van der Waals surface area contributed by atoms with Crippen LogP contribution in [0.1, 0.15) is 25.8 Å². The average molecular weight is 222 g/mol. The molecule has 0 aromatic heterocycles. The van der Waals surface area contributed by atoms with Crippen LogP contribution in [0.2, 0.25) is 0 Å². The number of nitrogen functional groups attached to an aromatic ring is 1. The van der Waals surface area contributed by atoms with Gasteiger partial charge in [0.15, 0.2) is 0 Å². The predicted octanol–water partition coefficient (Wildman–Crippen LogP) is 2.54. The summed E-state index contributed by atoms with van der Waals surface area (Å²) in [6.07, 6.45) is 1.27. The zero-order valence-corrected chi connectivity index (χ0v) is 9.89. The van der Waals surface area contributed by atoms with Crippen molar-refractivity contribution in [2.45, 2.75) is 26.8 Å². The van der Waals surface area contributed by atoms with E-state index in [2.05, 4.69) is 19.2 Å². The smallest absolute Gasteiger partial charge is 0.129 e. The summed E-state index contributed by atoms with van der Waals surface area (Å²) in [7, 11) is 0. The maximum Gasteiger partial charge on any atom is 0.129 e. The van der Waals surface area contributed by atoms with E-state index in [1.54, 1.807) is 12.1 Å². The highest BCUT2D eigenvalue weighted by molar-refractivity contribution is 5.40. The predicted molar refractivity (Wildman–Crippen MR) is 64.4 cm³/mol. The van der Waals surface area contributed by atoms with Crippen LogP contribution in [0.15, 0.2) is 18.2 Å². The number of hydrogen-bond acceptors (Lipinski definition) is 2. The molecule has 0 bridgehead atoms. The lowest BCUT2D eigenvalue weighted by atomic mass is 10.1. The Kier molecular flexibility index (Phi) is 2.89. The van der Waals surface area contributed by atoms with Gasteiger partial charge in [0.25, 0.3) is 0 Å². The molecule has 0 spiro atoms. The third-order valence-corrected chi connectivity index (χ3v) is 3.50. The number of rotatable bonds is 4. The first-order valence-corrected chi connectivity index (χ1v) is 5.74. The maximum atomic E-state index is 13.4. The van der Waals surface area contributed by atoms with Gasteiger partial charge in [-0.15, -0.1) is 0 Å². The van der Waals surface area contributed by atoms with Crippen LogP contribution in [0.5, 0.6) is 0 Å². The van der Waals surface area contributed by atoms with Gasteiger partial charge < -0.3 is 11.1 Å². The van der Waals surface area contributed by atoms with Crippen molar-refractivity contribution in [1.82, 2.24) is 5.32 Å². The van der Waals surface area contributed by atoms with Crippen LogP contribution in [0.3, 0.4) is 0 Å². The minimum atomic E-state index is -0.220. The SMILES string of the molecule is CC1(C)CC1CNCc1ccc(N)cc1F. The van der Waals surface area contributed by atoms with Gasteiger partial charge in [-0.2, -0.15) is 0 Å². The van der Waals surface area contributed by atoms with Crippen LogP contribution in [-0.2, 0) is 6.54 Å². The van der Waals surface area contributed by atoms with Crippen molar-refractivity contribution in [3.63, 3.8) is 0 Å². The van der Waals surface area contributed by atoms with E-state index in [1.165, 1.54) is 12.5 Å². The number of nitrogens with two attached hydrogens (primary N) is 1. The number of anilines is 1. The second-order valence-electron chi connectivity index (χ2n) is 5.37. The van der Waals surface area contributed by atoms with Crippen LogP contribution < -0.4 is 11.1 Å². The van der Waals surface area contributed by atoms with Crippen LogP contribution in [-0.4, -0.2) is 6.54 Å². The minimum Gasteiger partial charge on any atom is -0.399 e. The number of benzene rings is 1. The molecular weight excluding hydrogens is 203 g/mol. The Balaban J connectivity index is 1.81. The molecule has 1 aliphatic carbocycles. The second kappa shape index (κ2) is 4.06.